The molecule has 6 nitrogen and oxygen atoms in total. The van der Waals surface area contributed by atoms with Gasteiger partial charge in [0.25, 0.3) is 0 Å². The summed E-state index contributed by atoms with van der Waals surface area (Å²) >= 11 is 0. The van der Waals surface area contributed by atoms with Crippen LogP contribution in [0, 0.1) is 0 Å². The number of hydrogen-bond donors (Lipinski definition) is 3. The molecule has 0 spiro atoms. The van der Waals surface area contributed by atoms with Crippen LogP contribution in [0.4, 0.5) is 0 Å². The maximum Gasteiger partial charge on any atom is 0.413 e. The Morgan fingerprint density at radius 3 is 1.45 bits per heavy atom. The van der Waals surface area contributed by atoms with Gasteiger partial charge >= 0.3 is 8.56 Å². The second-order valence-electron chi connectivity index (χ2n) is 4.82. The molecule has 0 radical (unpaired) electrons. The van der Waals surface area contributed by atoms with Gasteiger partial charge in [-0.05, 0) is 0 Å². The summed E-state index contributed by atoms with van der Waals surface area (Å²) in [5.74, 6) is -0.657. The van der Waals surface area contributed by atoms with Gasteiger partial charge in [0.1, 0.15) is 0 Å². The molecule has 7 heteroatoms. The Kier molecular flexibility index (Phi) is 6.78. The number of carbonyl (C=O) groups excluding carboxylic acids is 3. The van der Waals surface area contributed by atoms with Crippen LogP contribution < -0.4 is 20.1 Å². The maximum absolute atomic E-state index is 12.0. The van der Waals surface area contributed by atoms with E-state index in [1.165, 1.54) is 0 Å². The van der Waals surface area contributed by atoms with Crippen molar-refractivity contribution in [3.63, 3.8) is 0 Å². The third-order valence-corrected chi connectivity index (χ3v) is 6.31. The number of hydrogen-bond acceptors (Lipinski definition) is 3. The summed E-state index contributed by atoms with van der Waals surface area (Å²) in [6.07, 6.45) is 0.808. The molecule has 1 rings (SSSR count). The largest absolute Gasteiger partial charge is 0.413 e. The highest BCUT2D eigenvalue weighted by atomic mass is 28.4. The number of rotatable bonds is 7. The molecule has 0 unspecified atom stereocenters. The molecule has 0 fully saturated rings. The van der Waals surface area contributed by atoms with E-state index < -0.39 is 8.56 Å². The monoisotopic (exact) mass is 321 g/mol. The number of carbonyl (C=O) groups is 3. The van der Waals surface area contributed by atoms with Gasteiger partial charge in [-0.1, -0.05) is 51.1 Å². The number of nitrogens with one attached hydrogen (secondary N) is 3. The molecule has 0 bridgehead atoms. The summed E-state index contributed by atoms with van der Waals surface area (Å²) in [4.78, 5) is 44.5. The minimum absolute atomic E-state index is 0.219. The van der Waals surface area contributed by atoms with Crippen molar-refractivity contribution in [2.45, 2.75) is 40.0 Å². The van der Waals surface area contributed by atoms with Crippen LogP contribution in [0.25, 0.3) is 0 Å². The van der Waals surface area contributed by atoms with Gasteiger partial charge in [-0.2, -0.15) is 0 Å². The molecule has 3 amide bonds. The topological polar surface area (TPSA) is 87.3 Å². The molecule has 0 aliphatic heterocycles. The summed E-state index contributed by atoms with van der Waals surface area (Å²) in [5.41, 5.74) is 0. The summed E-state index contributed by atoms with van der Waals surface area (Å²) in [5, 5.41) is 0.723. The van der Waals surface area contributed by atoms with Crippen LogP contribution in [0.2, 0.25) is 0 Å². The van der Waals surface area contributed by atoms with Crippen LogP contribution in [0.15, 0.2) is 30.3 Å². The Balaban J connectivity index is 3.30. The smallest absolute Gasteiger partial charge is 0.345 e. The molecule has 0 aliphatic rings. The molecular weight excluding hydrogens is 298 g/mol. The first-order valence-electron chi connectivity index (χ1n) is 7.46. The second-order valence-corrected chi connectivity index (χ2v) is 7.65. The zero-order valence-corrected chi connectivity index (χ0v) is 14.2. The molecule has 22 heavy (non-hydrogen) atoms. The van der Waals surface area contributed by atoms with Crippen molar-refractivity contribution in [2.75, 3.05) is 0 Å². The lowest BCUT2D eigenvalue weighted by molar-refractivity contribution is -0.119. The second kappa shape index (κ2) is 8.33. The van der Waals surface area contributed by atoms with Crippen LogP contribution in [0.1, 0.15) is 40.0 Å². The van der Waals surface area contributed by atoms with Gasteiger partial charge in [0.05, 0.1) is 0 Å². The van der Waals surface area contributed by atoms with Crippen molar-refractivity contribution in [2.24, 2.45) is 0 Å². The summed E-state index contributed by atoms with van der Waals surface area (Å²) in [7, 11) is -3.22. The fourth-order valence-corrected chi connectivity index (χ4v) is 4.99. The van der Waals surface area contributed by atoms with Crippen molar-refractivity contribution in [1.82, 2.24) is 14.9 Å². The maximum atomic E-state index is 12.0. The number of amides is 3. The first-order valence-corrected chi connectivity index (χ1v) is 9.46. The van der Waals surface area contributed by atoms with Crippen LogP contribution >= 0.6 is 0 Å². The van der Waals surface area contributed by atoms with E-state index in [1.54, 1.807) is 32.9 Å². The van der Waals surface area contributed by atoms with Gasteiger partial charge in [0, 0.05) is 24.4 Å². The fourth-order valence-electron chi connectivity index (χ4n) is 1.89. The number of benzene rings is 1. The minimum Gasteiger partial charge on any atom is -0.345 e. The summed E-state index contributed by atoms with van der Waals surface area (Å²) < 4.78 is 0. The Labute approximate surface area is 131 Å². The Morgan fingerprint density at radius 2 is 1.14 bits per heavy atom. The van der Waals surface area contributed by atoms with E-state index in [0.717, 1.165) is 5.19 Å². The van der Waals surface area contributed by atoms with E-state index in [0.29, 0.717) is 0 Å². The molecule has 0 aliphatic carbocycles. The summed E-state index contributed by atoms with van der Waals surface area (Å²) in [6.45, 7) is 5.17. The van der Waals surface area contributed by atoms with Gasteiger partial charge < -0.3 is 14.9 Å². The molecule has 120 valence electrons. The lowest BCUT2D eigenvalue weighted by Gasteiger charge is -2.32. The average molecular weight is 321 g/mol. The molecule has 0 aromatic heterocycles. The van der Waals surface area contributed by atoms with E-state index in [9.17, 15) is 14.4 Å². The lowest BCUT2D eigenvalue weighted by atomic mass is 10.4. The zero-order valence-electron chi connectivity index (χ0n) is 13.2. The van der Waals surface area contributed by atoms with Gasteiger partial charge in [-0.15, -0.1) is 0 Å². The van der Waals surface area contributed by atoms with Crippen LogP contribution in [-0.4, -0.2) is 26.3 Å². The van der Waals surface area contributed by atoms with E-state index in [4.69, 9.17) is 0 Å². The molecule has 1 aromatic carbocycles. The molecule has 0 heterocycles. The zero-order chi connectivity index (χ0) is 16.6. The normalized spacial score (nSPS) is 10.7. The van der Waals surface area contributed by atoms with Crippen molar-refractivity contribution in [1.29, 1.82) is 0 Å². The lowest BCUT2D eigenvalue weighted by Crippen LogP contribution is -2.82. The first-order chi connectivity index (χ1) is 10.5. The molecule has 0 atom stereocenters. The van der Waals surface area contributed by atoms with Crippen molar-refractivity contribution >= 4 is 31.5 Å². The third kappa shape index (κ3) is 4.69. The Hall–Kier alpha value is -2.15. The van der Waals surface area contributed by atoms with Crippen molar-refractivity contribution < 1.29 is 14.4 Å². The predicted octanol–water partition coefficient (Wildman–Crippen LogP) is 0.411. The van der Waals surface area contributed by atoms with Crippen molar-refractivity contribution in [3.05, 3.63) is 30.3 Å². The predicted molar refractivity (Wildman–Crippen MR) is 87.1 cm³/mol. The molecule has 0 saturated carbocycles. The highest BCUT2D eigenvalue weighted by Crippen LogP contribution is 1.98. The van der Waals surface area contributed by atoms with Crippen LogP contribution in [0.3, 0.4) is 0 Å². The van der Waals surface area contributed by atoms with E-state index >= 15 is 0 Å². The highest BCUT2D eigenvalue weighted by molar-refractivity contribution is 6.90. The minimum atomic E-state index is -3.22. The standard InChI is InChI=1S/C15H23N3O3Si/c1-4-13(19)16-22(17-14(20)5-2,18-15(21)6-3)12-10-8-7-9-11-12/h7-11H,4-6H2,1-3H3,(H,16,19)(H,17,20)(H,18,21). The molecular formula is C15H23N3O3Si. The van der Waals surface area contributed by atoms with E-state index in [-0.39, 0.29) is 37.0 Å². The van der Waals surface area contributed by atoms with Crippen LogP contribution in [0.5, 0.6) is 0 Å². The Bertz CT molecular complexity index is 489. The fraction of sp³-hybridized carbons (Fsp3) is 0.400. The summed E-state index contributed by atoms with van der Waals surface area (Å²) in [6, 6.07) is 9.06. The Morgan fingerprint density at radius 1 is 0.773 bits per heavy atom. The average Bonchev–Trinajstić information content (AvgIpc) is 2.54. The van der Waals surface area contributed by atoms with E-state index in [1.807, 2.05) is 18.2 Å². The quantitative estimate of drug-likeness (QED) is 0.636. The third-order valence-electron chi connectivity index (χ3n) is 3.15. The first kappa shape index (κ1) is 17.9. The SMILES string of the molecule is CCC(=O)N[Si](NC(=O)CC)(NC(=O)CC)c1ccccc1. The molecule has 1 aromatic rings. The van der Waals surface area contributed by atoms with Gasteiger partial charge in [-0.3, -0.25) is 14.4 Å². The van der Waals surface area contributed by atoms with Crippen LogP contribution in [-0.2, 0) is 14.4 Å². The van der Waals surface area contributed by atoms with Gasteiger partial charge in [-0.25, -0.2) is 0 Å². The molecule has 3 N–H and O–H groups in total. The van der Waals surface area contributed by atoms with Crippen molar-refractivity contribution in [3.8, 4) is 0 Å². The van der Waals surface area contributed by atoms with Gasteiger partial charge in [0.2, 0.25) is 17.7 Å². The van der Waals surface area contributed by atoms with Gasteiger partial charge in [0.15, 0.2) is 0 Å². The molecule has 0 saturated heterocycles. The highest BCUT2D eigenvalue weighted by Gasteiger charge is 2.42. The van der Waals surface area contributed by atoms with E-state index in [2.05, 4.69) is 14.9 Å².